The molecule has 24 heavy (non-hydrogen) atoms. The van der Waals surface area contributed by atoms with Gasteiger partial charge in [0.2, 0.25) is 0 Å². The van der Waals surface area contributed by atoms with Crippen LogP contribution in [-0.4, -0.2) is 47.1 Å². The van der Waals surface area contributed by atoms with Crippen LogP contribution in [0, 0.1) is 5.92 Å². The average molecular weight is 325 g/mol. The van der Waals surface area contributed by atoms with Gasteiger partial charge in [-0.25, -0.2) is 4.98 Å². The summed E-state index contributed by atoms with van der Waals surface area (Å²) in [7, 11) is 1.87. The Hall–Kier alpha value is -2.30. The van der Waals surface area contributed by atoms with E-state index in [4.69, 9.17) is 0 Å². The number of guanidine groups is 1. The topological polar surface area (TPSA) is 45.5 Å². The van der Waals surface area contributed by atoms with Crippen molar-refractivity contribution in [3.05, 3.63) is 54.6 Å². The highest BCUT2D eigenvalue weighted by Crippen LogP contribution is 2.27. The van der Waals surface area contributed by atoms with Crippen molar-refractivity contribution in [1.82, 2.24) is 19.8 Å². The molecule has 1 aromatic heterocycles. The number of benzene rings is 1. The van der Waals surface area contributed by atoms with Crippen LogP contribution in [0.15, 0.2) is 54.0 Å². The van der Waals surface area contributed by atoms with Crippen LogP contribution in [0.2, 0.25) is 0 Å². The van der Waals surface area contributed by atoms with E-state index < -0.39 is 0 Å². The monoisotopic (exact) mass is 325 g/mol. The number of hydrogen-bond donors (Lipinski definition) is 1. The lowest BCUT2D eigenvalue weighted by molar-refractivity contribution is 0.189. The smallest absolute Gasteiger partial charge is 0.193 e. The number of imidazole rings is 1. The fourth-order valence-corrected chi connectivity index (χ4v) is 3.39. The molecule has 2 heterocycles. The maximum absolute atomic E-state index is 4.49. The minimum absolute atomic E-state index is 0.453. The Bertz CT molecular complexity index is 635. The fourth-order valence-electron chi connectivity index (χ4n) is 3.39. The van der Waals surface area contributed by atoms with Crippen LogP contribution in [0.5, 0.6) is 0 Å². The molecule has 1 aromatic carbocycles. The first kappa shape index (κ1) is 16.6. The largest absolute Gasteiger partial charge is 0.356 e. The Balaban J connectivity index is 1.57. The summed E-state index contributed by atoms with van der Waals surface area (Å²) in [6.07, 6.45) is 8.03. The maximum atomic E-state index is 4.49. The first-order valence-electron chi connectivity index (χ1n) is 8.75. The van der Waals surface area contributed by atoms with E-state index in [2.05, 4.69) is 68.2 Å². The minimum Gasteiger partial charge on any atom is -0.356 e. The van der Waals surface area contributed by atoms with Crippen molar-refractivity contribution < 1.29 is 0 Å². The Morgan fingerprint density at radius 1 is 1.33 bits per heavy atom. The molecule has 0 aliphatic carbocycles. The number of nitrogens with zero attached hydrogens (tertiary/aromatic N) is 4. The van der Waals surface area contributed by atoms with E-state index in [9.17, 15) is 0 Å². The van der Waals surface area contributed by atoms with Gasteiger partial charge in [-0.2, -0.15) is 0 Å². The van der Waals surface area contributed by atoms with Crippen LogP contribution < -0.4 is 5.32 Å². The quantitative estimate of drug-likeness (QED) is 0.694. The number of nitrogens with one attached hydrogen (secondary N) is 1. The molecule has 0 saturated carbocycles. The lowest BCUT2D eigenvalue weighted by atomic mass is 9.93. The molecule has 2 unspecified atom stereocenters. The van der Waals surface area contributed by atoms with Gasteiger partial charge in [0, 0.05) is 39.1 Å². The van der Waals surface area contributed by atoms with Crippen LogP contribution in [0.25, 0.3) is 0 Å². The predicted octanol–water partition coefficient (Wildman–Crippen LogP) is 2.58. The second-order valence-electron chi connectivity index (χ2n) is 6.50. The molecule has 0 radical (unpaired) electrons. The summed E-state index contributed by atoms with van der Waals surface area (Å²) in [6.45, 7) is 5.26. The van der Waals surface area contributed by atoms with Gasteiger partial charge in [0.1, 0.15) is 0 Å². The van der Waals surface area contributed by atoms with Crippen LogP contribution in [-0.2, 0) is 6.42 Å². The molecule has 0 amide bonds. The van der Waals surface area contributed by atoms with Gasteiger partial charge in [0.25, 0.3) is 0 Å². The van der Waals surface area contributed by atoms with Crippen molar-refractivity contribution in [3.8, 4) is 0 Å². The summed E-state index contributed by atoms with van der Waals surface area (Å²) in [5, 5.41) is 3.52. The molecule has 5 heteroatoms. The lowest BCUT2D eigenvalue weighted by Crippen LogP contribution is -2.49. The minimum atomic E-state index is 0.453. The fraction of sp³-hybridized carbons (Fsp3) is 0.474. The number of aromatic nitrogens is 2. The van der Waals surface area contributed by atoms with Gasteiger partial charge in [-0.3, -0.25) is 4.99 Å². The first-order chi connectivity index (χ1) is 11.8. The Morgan fingerprint density at radius 3 is 2.88 bits per heavy atom. The SMILES string of the molecule is CN=C(NCCc1ccccc1)N1CCC(C)C(n2ccnc2)C1. The van der Waals surface area contributed by atoms with Gasteiger partial charge in [-0.15, -0.1) is 0 Å². The first-order valence-corrected chi connectivity index (χ1v) is 8.75. The van der Waals surface area contributed by atoms with Gasteiger partial charge in [-0.1, -0.05) is 37.3 Å². The highest BCUT2D eigenvalue weighted by Gasteiger charge is 2.28. The normalized spacial score (nSPS) is 21.8. The van der Waals surface area contributed by atoms with E-state index in [0.29, 0.717) is 12.0 Å². The molecule has 1 aliphatic heterocycles. The summed E-state index contributed by atoms with van der Waals surface area (Å²) in [5.41, 5.74) is 1.35. The Labute approximate surface area is 144 Å². The van der Waals surface area contributed by atoms with E-state index in [1.807, 2.05) is 19.6 Å². The van der Waals surface area contributed by atoms with E-state index in [1.54, 1.807) is 0 Å². The number of likely N-dealkylation sites (tertiary alicyclic amines) is 1. The molecule has 1 saturated heterocycles. The molecule has 0 bridgehead atoms. The van der Waals surface area contributed by atoms with E-state index in [-0.39, 0.29) is 0 Å². The highest BCUT2D eigenvalue weighted by atomic mass is 15.3. The van der Waals surface area contributed by atoms with Gasteiger partial charge in [-0.05, 0) is 24.3 Å². The molecule has 2 aromatic rings. The average Bonchev–Trinajstić information content (AvgIpc) is 3.15. The molecule has 0 spiro atoms. The molecule has 128 valence electrons. The van der Waals surface area contributed by atoms with E-state index in [1.165, 1.54) is 12.0 Å². The van der Waals surface area contributed by atoms with Gasteiger partial charge < -0.3 is 14.8 Å². The number of rotatable bonds is 4. The van der Waals surface area contributed by atoms with Crippen molar-refractivity contribution in [2.75, 3.05) is 26.7 Å². The number of piperidine rings is 1. The zero-order valence-corrected chi connectivity index (χ0v) is 14.6. The standard InChI is InChI=1S/C19H27N5/c1-16-9-12-23(14-18(16)24-13-11-21-15-24)19(20-2)22-10-8-17-6-4-3-5-7-17/h3-7,11,13,15-16,18H,8-10,12,14H2,1-2H3,(H,20,22). The Kier molecular flexibility index (Phi) is 5.51. The third-order valence-corrected chi connectivity index (χ3v) is 4.88. The predicted molar refractivity (Wildman–Crippen MR) is 98.1 cm³/mol. The molecule has 1 aliphatic rings. The zero-order valence-electron chi connectivity index (χ0n) is 14.6. The van der Waals surface area contributed by atoms with E-state index >= 15 is 0 Å². The molecule has 1 fully saturated rings. The molecular formula is C19H27N5. The van der Waals surface area contributed by atoms with Crippen LogP contribution >= 0.6 is 0 Å². The molecule has 3 rings (SSSR count). The van der Waals surface area contributed by atoms with Gasteiger partial charge in [0.15, 0.2) is 5.96 Å². The highest BCUT2D eigenvalue weighted by molar-refractivity contribution is 5.80. The van der Waals surface area contributed by atoms with E-state index in [0.717, 1.165) is 32.0 Å². The summed E-state index contributed by atoms with van der Waals surface area (Å²) in [6, 6.07) is 11.0. The second kappa shape index (κ2) is 7.99. The summed E-state index contributed by atoms with van der Waals surface area (Å²) in [5.74, 6) is 1.65. The van der Waals surface area contributed by atoms with Crippen molar-refractivity contribution in [3.63, 3.8) is 0 Å². The van der Waals surface area contributed by atoms with Crippen LogP contribution in [0.3, 0.4) is 0 Å². The summed E-state index contributed by atoms with van der Waals surface area (Å²) >= 11 is 0. The van der Waals surface area contributed by atoms with Crippen molar-refractivity contribution in [2.45, 2.75) is 25.8 Å². The second-order valence-corrected chi connectivity index (χ2v) is 6.50. The molecule has 2 atom stereocenters. The maximum Gasteiger partial charge on any atom is 0.193 e. The van der Waals surface area contributed by atoms with Gasteiger partial charge >= 0.3 is 0 Å². The van der Waals surface area contributed by atoms with Crippen LogP contribution in [0.4, 0.5) is 0 Å². The third kappa shape index (κ3) is 3.96. The zero-order chi connectivity index (χ0) is 16.8. The summed E-state index contributed by atoms with van der Waals surface area (Å²) in [4.78, 5) is 11.1. The summed E-state index contributed by atoms with van der Waals surface area (Å²) < 4.78 is 2.23. The lowest BCUT2D eigenvalue weighted by Gasteiger charge is -2.39. The molecular weight excluding hydrogens is 298 g/mol. The van der Waals surface area contributed by atoms with Crippen molar-refractivity contribution in [2.24, 2.45) is 10.9 Å². The van der Waals surface area contributed by atoms with Crippen molar-refractivity contribution >= 4 is 5.96 Å². The number of hydrogen-bond acceptors (Lipinski definition) is 2. The molecule has 1 N–H and O–H groups in total. The third-order valence-electron chi connectivity index (χ3n) is 4.88. The number of aliphatic imine (C=N–C) groups is 1. The Morgan fingerprint density at radius 2 is 2.17 bits per heavy atom. The van der Waals surface area contributed by atoms with Crippen molar-refractivity contribution in [1.29, 1.82) is 0 Å². The van der Waals surface area contributed by atoms with Crippen LogP contribution in [0.1, 0.15) is 24.9 Å². The van der Waals surface area contributed by atoms with Gasteiger partial charge in [0.05, 0.1) is 12.4 Å². The molecule has 5 nitrogen and oxygen atoms in total.